The van der Waals surface area contributed by atoms with Crippen molar-refractivity contribution in [3.63, 3.8) is 0 Å². The fraction of sp³-hybridized carbons (Fsp3) is 0.364. The molecule has 1 saturated heterocycles. The van der Waals surface area contributed by atoms with Crippen molar-refractivity contribution >= 4 is 41.9 Å². The Morgan fingerprint density at radius 1 is 1.19 bits per heavy atom. The maximum Gasteiger partial charge on any atom is 0.439 e. The van der Waals surface area contributed by atoms with Gasteiger partial charge in [0, 0.05) is 34.6 Å². The summed E-state index contributed by atoms with van der Waals surface area (Å²) < 4.78 is 32.8. The van der Waals surface area contributed by atoms with E-state index in [1.165, 1.54) is 0 Å². The van der Waals surface area contributed by atoms with Crippen LogP contribution in [0.15, 0.2) is 42.6 Å². The van der Waals surface area contributed by atoms with Crippen molar-refractivity contribution in [2.45, 2.75) is 18.9 Å². The number of hydrogen-bond donors (Lipinski definition) is 0. The predicted molar refractivity (Wildman–Crippen MR) is 125 cm³/mol. The van der Waals surface area contributed by atoms with Crippen molar-refractivity contribution in [3.8, 4) is 5.75 Å². The van der Waals surface area contributed by atoms with Gasteiger partial charge in [0.15, 0.2) is 0 Å². The number of methoxy groups -OCH3 is 1. The molecule has 1 fully saturated rings. The van der Waals surface area contributed by atoms with Gasteiger partial charge < -0.3 is 9.64 Å². The molecule has 3 aromatic rings. The Hall–Kier alpha value is -1.53. The largest absolute Gasteiger partial charge is 0.497 e. The molecule has 0 spiro atoms. The van der Waals surface area contributed by atoms with E-state index in [9.17, 15) is 4.57 Å². The molecule has 2 atom stereocenters. The van der Waals surface area contributed by atoms with E-state index in [-0.39, 0.29) is 0 Å². The lowest BCUT2D eigenvalue weighted by Gasteiger charge is -2.30. The van der Waals surface area contributed by atoms with E-state index in [0.717, 1.165) is 40.7 Å². The van der Waals surface area contributed by atoms with E-state index < -0.39 is 13.9 Å². The van der Waals surface area contributed by atoms with E-state index in [1.807, 2.05) is 38.5 Å². The molecule has 2 heterocycles. The molecule has 0 aliphatic carbocycles. The smallest absolute Gasteiger partial charge is 0.439 e. The first-order valence-corrected chi connectivity index (χ1v) is 12.3. The molecule has 1 aliphatic heterocycles. The number of likely N-dealkylation sites (N-methyl/N-ethyl adjacent to an activating group) is 1. The minimum absolute atomic E-state index is 0.301. The van der Waals surface area contributed by atoms with Crippen LogP contribution in [0.25, 0.3) is 10.9 Å². The number of nitrogens with zero attached hydrogens (tertiary/aromatic N) is 2. The molecule has 0 radical (unpaired) electrons. The van der Waals surface area contributed by atoms with Crippen LogP contribution in [0, 0.1) is 0 Å². The van der Waals surface area contributed by atoms with Gasteiger partial charge in [-0.1, -0.05) is 23.2 Å². The Balaban J connectivity index is 1.74. The van der Waals surface area contributed by atoms with Gasteiger partial charge in [0.1, 0.15) is 5.75 Å². The van der Waals surface area contributed by atoms with Crippen LogP contribution in [-0.2, 0) is 20.0 Å². The van der Waals surface area contributed by atoms with Crippen molar-refractivity contribution in [3.05, 3.63) is 63.8 Å². The van der Waals surface area contributed by atoms with Gasteiger partial charge in [-0.2, -0.15) is 0 Å². The summed E-state index contributed by atoms with van der Waals surface area (Å²) in [4.78, 5) is 2.11. The van der Waals surface area contributed by atoms with Crippen molar-refractivity contribution in [1.82, 2.24) is 9.24 Å². The highest BCUT2D eigenvalue weighted by Crippen LogP contribution is 2.59. The standard InChI is InChI=1S/C22H25Cl2N2O4P/c1-25(2)8-6-15-14-26(21-5-4-19(28-3)13-20(15)21)31(27)29-9-7-22(30-31)16-10-17(23)12-18(24)11-16/h4-5,10-14,22H,6-9H2,1-3H3. The van der Waals surface area contributed by atoms with Crippen LogP contribution in [0.2, 0.25) is 10.0 Å². The SMILES string of the molecule is COc1ccc2c(c1)c(CCN(C)C)cn2P1(=O)OCCC(c2cc(Cl)cc(Cl)c2)O1. The first-order chi connectivity index (χ1) is 14.8. The van der Waals surface area contributed by atoms with E-state index in [4.69, 9.17) is 37.0 Å². The van der Waals surface area contributed by atoms with Gasteiger partial charge in [-0.25, -0.2) is 4.57 Å². The Kier molecular flexibility index (Phi) is 6.68. The van der Waals surface area contributed by atoms with Gasteiger partial charge in [0.05, 0.1) is 25.3 Å². The summed E-state index contributed by atoms with van der Waals surface area (Å²) in [7, 11) is 2.04. The number of ether oxygens (including phenoxy) is 1. The van der Waals surface area contributed by atoms with Gasteiger partial charge >= 0.3 is 7.75 Å². The van der Waals surface area contributed by atoms with Crippen molar-refractivity contribution < 1.29 is 18.3 Å². The second-order valence-corrected chi connectivity index (χ2v) is 10.5. The number of rotatable bonds is 6. The topological polar surface area (TPSA) is 52.9 Å². The molecule has 6 nitrogen and oxygen atoms in total. The lowest BCUT2D eigenvalue weighted by molar-refractivity contribution is 0.0771. The molecule has 4 rings (SSSR count). The maximum absolute atomic E-state index is 13.9. The zero-order valence-electron chi connectivity index (χ0n) is 17.7. The highest BCUT2D eigenvalue weighted by molar-refractivity contribution is 7.52. The molecule has 31 heavy (non-hydrogen) atoms. The van der Waals surface area contributed by atoms with Crippen molar-refractivity contribution in [1.29, 1.82) is 0 Å². The van der Waals surface area contributed by atoms with Gasteiger partial charge in [-0.05, 0) is 68.0 Å². The normalized spacial score (nSPS) is 21.7. The molecule has 0 saturated carbocycles. The Labute approximate surface area is 192 Å². The highest BCUT2D eigenvalue weighted by atomic mass is 35.5. The lowest BCUT2D eigenvalue weighted by atomic mass is 10.1. The minimum atomic E-state index is -3.64. The number of halogens is 2. The first kappa shape index (κ1) is 22.7. The van der Waals surface area contributed by atoms with Crippen LogP contribution < -0.4 is 4.74 Å². The molecular formula is C22H25Cl2N2O4P. The third-order valence-electron chi connectivity index (χ3n) is 5.32. The van der Waals surface area contributed by atoms with Crippen LogP contribution in [0.5, 0.6) is 5.75 Å². The molecule has 1 aromatic heterocycles. The Bertz CT molecular complexity index is 1130. The molecule has 1 aliphatic rings. The summed E-state index contributed by atoms with van der Waals surface area (Å²) in [5, 5.41) is 1.99. The molecular weight excluding hydrogens is 458 g/mol. The molecule has 0 bridgehead atoms. The first-order valence-electron chi connectivity index (χ1n) is 10.0. The van der Waals surface area contributed by atoms with Gasteiger partial charge in [-0.15, -0.1) is 0 Å². The minimum Gasteiger partial charge on any atom is -0.497 e. The molecule has 0 N–H and O–H groups in total. The zero-order chi connectivity index (χ0) is 22.2. The van der Waals surface area contributed by atoms with Crippen LogP contribution >= 0.6 is 30.9 Å². The molecule has 166 valence electrons. The monoisotopic (exact) mass is 482 g/mol. The quantitative estimate of drug-likeness (QED) is 0.391. The predicted octanol–water partition coefficient (Wildman–Crippen LogP) is 6.20. The lowest BCUT2D eigenvalue weighted by Crippen LogP contribution is -2.17. The second kappa shape index (κ2) is 9.14. The molecule has 0 amide bonds. The maximum atomic E-state index is 13.9. The average Bonchev–Trinajstić information content (AvgIpc) is 3.10. The van der Waals surface area contributed by atoms with Gasteiger partial charge in [-0.3, -0.25) is 13.4 Å². The fourth-order valence-corrected chi connectivity index (χ4v) is 6.19. The summed E-state index contributed by atoms with van der Waals surface area (Å²) in [5.41, 5.74) is 2.62. The average molecular weight is 483 g/mol. The summed E-state index contributed by atoms with van der Waals surface area (Å²) in [6, 6.07) is 10.9. The summed E-state index contributed by atoms with van der Waals surface area (Å²) >= 11 is 12.3. The van der Waals surface area contributed by atoms with E-state index in [0.29, 0.717) is 23.1 Å². The molecule has 2 aromatic carbocycles. The second-order valence-electron chi connectivity index (χ2n) is 7.82. The van der Waals surface area contributed by atoms with E-state index >= 15 is 0 Å². The molecule has 9 heteroatoms. The third-order valence-corrected chi connectivity index (χ3v) is 7.64. The van der Waals surface area contributed by atoms with Gasteiger partial charge in [0.2, 0.25) is 0 Å². The van der Waals surface area contributed by atoms with Crippen molar-refractivity contribution in [2.24, 2.45) is 0 Å². The fourth-order valence-electron chi connectivity index (χ4n) is 3.75. The van der Waals surface area contributed by atoms with Crippen LogP contribution in [-0.4, -0.2) is 43.6 Å². The van der Waals surface area contributed by atoms with Crippen LogP contribution in [0.1, 0.15) is 23.7 Å². The third kappa shape index (κ3) is 4.80. The summed E-state index contributed by atoms with van der Waals surface area (Å²) in [6.45, 7) is 1.15. The number of aromatic nitrogens is 1. The van der Waals surface area contributed by atoms with Crippen LogP contribution in [0.3, 0.4) is 0 Å². The van der Waals surface area contributed by atoms with E-state index in [1.54, 1.807) is 29.6 Å². The zero-order valence-corrected chi connectivity index (χ0v) is 20.1. The number of fused-ring (bicyclic) bond motifs is 1. The Morgan fingerprint density at radius 3 is 2.61 bits per heavy atom. The van der Waals surface area contributed by atoms with Gasteiger partial charge in [0.25, 0.3) is 0 Å². The molecule has 2 unspecified atom stereocenters. The number of benzene rings is 2. The van der Waals surface area contributed by atoms with E-state index in [2.05, 4.69) is 4.90 Å². The van der Waals surface area contributed by atoms with Crippen molar-refractivity contribution in [2.75, 3.05) is 34.4 Å². The Morgan fingerprint density at radius 2 is 1.94 bits per heavy atom. The highest BCUT2D eigenvalue weighted by Gasteiger charge is 2.38. The van der Waals surface area contributed by atoms with Crippen LogP contribution in [0.4, 0.5) is 0 Å². The number of hydrogen-bond acceptors (Lipinski definition) is 5. The summed E-state index contributed by atoms with van der Waals surface area (Å²) in [5.74, 6) is 0.742. The summed E-state index contributed by atoms with van der Waals surface area (Å²) in [6.07, 6.45) is 2.79.